The first-order valence-corrected chi connectivity index (χ1v) is 6.53. The van der Waals surface area contributed by atoms with Crippen LogP contribution < -0.4 is 10.6 Å². The number of aromatic carboxylic acids is 1. The Kier molecular flexibility index (Phi) is 4.52. The van der Waals surface area contributed by atoms with Crippen LogP contribution in [0.1, 0.15) is 10.4 Å². The average molecular weight is 329 g/mol. The molecule has 1 saturated heterocycles. The van der Waals surface area contributed by atoms with Gasteiger partial charge >= 0.3 is 5.97 Å². The van der Waals surface area contributed by atoms with Crippen LogP contribution >= 0.6 is 15.9 Å². The molecule has 1 aliphatic rings. The van der Waals surface area contributed by atoms with Crippen molar-refractivity contribution >= 4 is 33.5 Å². The van der Waals surface area contributed by atoms with Gasteiger partial charge in [-0.1, -0.05) is 15.9 Å². The van der Waals surface area contributed by atoms with Crippen LogP contribution in [0.3, 0.4) is 0 Å². The van der Waals surface area contributed by atoms with Gasteiger partial charge in [0.15, 0.2) is 0 Å². The molecule has 1 aliphatic heterocycles. The maximum absolute atomic E-state index is 12.0. The van der Waals surface area contributed by atoms with Gasteiger partial charge < -0.3 is 20.5 Å². The smallest absolute Gasteiger partial charge is 0.337 e. The average Bonchev–Trinajstić information content (AvgIpc) is 2.39. The van der Waals surface area contributed by atoms with Crippen molar-refractivity contribution in [3.8, 4) is 0 Å². The van der Waals surface area contributed by atoms with Gasteiger partial charge in [-0.15, -0.1) is 0 Å². The number of morpholine rings is 1. The standard InChI is InChI=1S/C12H13BrN2O4/c13-7-1-2-8(12(17)18)9(5-7)15-11(16)10-6-14-3-4-19-10/h1-2,5,10,14H,3-4,6H2,(H,15,16)(H,17,18). The third kappa shape index (κ3) is 3.52. The van der Waals surface area contributed by atoms with Crippen molar-refractivity contribution in [1.29, 1.82) is 0 Å². The van der Waals surface area contributed by atoms with E-state index >= 15 is 0 Å². The Morgan fingerprint density at radius 1 is 1.47 bits per heavy atom. The first-order chi connectivity index (χ1) is 9.08. The highest BCUT2D eigenvalue weighted by molar-refractivity contribution is 9.10. The van der Waals surface area contributed by atoms with Crippen LogP contribution in [-0.2, 0) is 9.53 Å². The summed E-state index contributed by atoms with van der Waals surface area (Å²) in [4.78, 5) is 23.0. The Bertz CT molecular complexity index is 501. The number of nitrogens with one attached hydrogen (secondary N) is 2. The molecule has 0 saturated carbocycles. The van der Waals surface area contributed by atoms with E-state index in [4.69, 9.17) is 9.84 Å². The molecule has 2 rings (SSSR count). The molecule has 1 amide bonds. The predicted octanol–water partition coefficient (Wildman–Crippen LogP) is 1.07. The fourth-order valence-corrected chi connectivity index (χ4v) is 2.11. The molecule has 1 heterocycles. The summed E-state index contributed by atoms with van der Waals surface area (Å²) in [5.74, 6) is -1.45. The molecule has 1 aromatic carbocycles. The zero-order chi connectivity index (χ0) is 13.8. The summed E-state index contributed by atoms with van der Waals surface area (Å²) in [6, 6.07) is 4.59. The van der Waals surface area contributed by atoms with Gasteiger partial charge in [0.05, 0.1) is 17.9 Å². The van der Waals surface area contributed by atoms with E-state index in [0.29, 0.717) is 24.2 Å². The molecule has 0 bridgehead atoms. The number of ether oxygens (including phenoxy) is 1. The van der Waals surface area contributed by atoms with Crippen molar-refractivity contribution < 1.29 is 19.4 Å². The number of carboxylic acid groups (broad SMARTS) is 1. The molecule has 0 aliphatic carbocycles. The summed E-state index contributed by atoms with van der Waals surface area (Å²) < 4.78 is 6.00. The lowest BCUT2D eigenvalue weighted by atomic mass is 10.1. The minimum atomic E-state index is -1.09. The summed E-state index contributed by atoms with van der Waals surface area (Å²) in [5, 5.41) is 14.7. The second-order valence-corrected chi connectivity index (χ2v) is 4.96. The number of hydrogen-bond donors (Lipinski definition) is 3. The number of anilines is 1. The van der Waals surface area contributed by atoms with Gasteiger partial charge in [-0.25, -0.2) is 4.79 Å². The number of amides is 1. The Balaban J connectivity index is 2.15. The second-order valence-electron chi connectivity index (χ2n) is 4.05. The highest BCUT2D eigenvalue weighted by Crippen LogP contribution is 2.22. The van der Waals surface area contributed by atoms with E-state index in [1.54, 1.807) is 12.1 Å². The molecule has 19 heavy (non-hydrogen) atoms. The second kappa shape index (κ2) is 6.14. The number of halogens is 1. The van der Waals surface area contributed by atoms with Crippen LogP contribution in [0.15, 0.2) is 22.7 Å². The van der Waals surface area contributed by atoms with E-state index in [-0.39, 0.29) is 17.2 Å². The molecule has 102 valence electrons. The minimum Gasteiger partial charge on any atom is -0.478 e. The largest absolute Gasteiger partial charge is 0.478 e. The van der Waals surface area contributed by atoms with Crippen molar-refractivity contribution in [2.75, 3.05) is 25.0 Å². The summed E-state index contributed by atoms with van der Waals surface area (Å²) in [6.07, 6.45) is -0.602. The maximum atomic E-state index is 12.0. The third-order valence-corrected chi connectivity index (χ3v) is 3.18. The van der Waals surface area contributed by atoms with Gasteiger partial charge in [0.1, 0.15) is 6.10 Å². The van der Waals surface area contributed by atoms with E-state index in [2.05, 4.69) is 26.6 Å². The fraction of sp³-hybridized carbons (Fsp3) is 0.333. The van der Waals surface area contributed by atoms with Gasteiger partial charge in [-0.2, -0.15) is 0 Å². The molecule has 1 unspecified atom stereocenters. The van der Waals surface area contributed by atoms with Crippen molar-refractivity contribution in [1.82, 2.24) is 5.32 Å². The lowest BCUT2D eigenvalue weighted by Crippen LogP contribution is -2.45. The van der Waals surface area contributed by atoms with Crippen molar-refractivity contribution in [3.05, 3.63) is 28.2 Å². The molecule has 0 spiro atoms. The first kappa shape index (κ1) is 14.0. The van der Waals surface area contributed by atoms with Crippen LogP contribution in [-0.4, -0.2) is 42.8 Å². The van der Waals surface area contributed by atoms with Crippen LogP contribution in [0.2, 0.25) is 0 Å². The Hall–Kier alpha value is -1.44. The number of hydrogen-bond acceptors (Lipinski definition) is 4. The molecule has 6 nitrogen and oxygen atoms in total. The molecule has 1 atom stereocenters. The minimum absolute atomic E-state index is 0.0420. The third-order valence-electron chi connectivity index (χ3n) is 2.69. The summed E-state index contributed by atoms with van der Waals surface area (Å²) >= 11 is 3.24. The molecule has 1 fully saturated rings. The molecule has 3 N–H and O–H groups in total. The van der Waals surface area contributed by atoms with Crippen molar-refractivity contribution in [2.24, 2.45) is 0 Å². The number of rotatable bonds is 3. The molecule has 7 heteroatoms. The summed E-state index contributed by atoms with van der Waals surface area (Å²) in [7, 11) is 0. The predicted molar refractivity (Wildman–Crippen MR) is 72.3 cm³/mol. The van der Waals surface area contributed by atoms with Crippen LogP contribution in [0.25, 0.3) is 0 Å². The van der Waals surface area contributed by atoms with Gasteiger partial charge in [-0.05, 0) is 18.2 Å². The lowest BCUT2D eigenvalue weighted by Gasteiger charge is -2.23. The van der Waals surface area contributed by atoms with E-state index < -0.39 is 12.1 Å². The zero-order valence-corrected chi connectivity index (χ0v) is 11.6. The fourth-order valence-electron chi connectivity index (χ4n) is 1.75. The van der Waals surface area contributed by atoms with E-state index in [0.717, 1.165) is 0 Å². The lowest BCUT2D eigenvalue weighted by molar-refractivity contribution is -0.128. The van der Waals surface area contributed by atoms with Gasteiger partial charge in [-0.3, -0.25) is 4.79 Å². The topological polar surface area (TPSA) is 87.7 Å². The van der Waals surface area contributed by atoms with Gasteiger partial charge in [0, 0.05) is 17.6 Å². The maximum Gasteiger partial charge on any atom is 0.337 e. The first-order valence-electron chi connectivity index (χ1n) is 5.74. The number of carboxylic acids is 1. The Morgan fingerprint density at radius 2 is 2.26 bits per heavy atom. The zero-order valence-electron chi connectivity index (χ0n) is 9.98. The van der Waals surface area contributed by atoms with Crippen LogP contribution in [0.5, 0.6) is 0 Å². The summed E-state index contributed by atoms with van der Waals surface area (Å²) in [6.45, 7) is 1.59. The molecular formula is C12H13BrN2O4. The van der Waals surface area contributed by atoms with Crippen LogP contribution in [0, 0.1) is 0 Å². The highest BCUT2D eigenvalue weighted by Gasteiger charge is 2.23. The van der Waals surface area contributed by atoms with E-state index in [9.17, 15) is 9.59 Å². The molecule has 0 radical (unpaired) electrons. The van der Waals surface area contributed by atoms with E-state index in [1.165, 1.54) is 6.07 Å². The molecular weight excluding hydrogens is 316 g/mol. The van der Waals surface area contributed by atoms with Crippen molar-refractivity contribution in [3.63, 3.8) is 0 Å². The number of benzene rings is 1. The van der Waals surface area contributed by atoms with Crippen LogP contribution in [0.4, 0.5) is 5.69 Å². The summed E-state index contributed by atoms with van der Waals surface area (Å²) in [5.41, 5.74) is 0.293. The SMILES string of the molecule is O=C(O)c1ccc(Br)cc1NC(=O)C1CNCCO1. The quantitative estimate of drug-likeness (QED) is 0.772. The van der Waals surface area contributed by atoms with E-state index in [1.807, 2.05) is 0 Å². The number of carbonyl (C=O) groups excluding carboxylic acids is 1. The Labute approximate surface area is 118 Å². The highest BCUT2D eigenvalue weighted by atomic mass is 79.9. The molecule has 1 aromatic rings. The monoisotopic (exact) mass is 328 g/mol. The van der Waals surface area contributed by atoms with Gasteiger partial charge in [0.25, 0.3) is 5.91 Å². The van der Waals surface area contributed by atoms with Crippen molar-refractivity contribution in [2.45, 2.75) is 6.10 Å². The Morgan fingerprint density at radius 3 is 2.89 bits per heavy atom. The molecule has 0 aromatic heterocycles. The normalized spacial score (nSPS) is 18.9. The number of carbonyl (C=O) groups is 2. The van der Waals surface area contributed by atoms with Gasteiger partial charge in [0.2, 0.25) is 0 Å².